The lowest BCUT2D eigenvalue weighted by molar-refractivity contribution is -0.145. The van der Waals surface area contributed by atoms with Gasteiger partial charge in [-0.3, -0.25) is 14.3 Å². The van der Waals surface area contributed by atoms with Crippen LogP contribution in [-0.4, -0.2) is 70.5 Å². The Morgan fingerprint density at radius 1 is 1.02 bits per heavy atom. The van der Waals surface area contributed by atoms with Crippen molar-refractivity contribution in [2.24, 2.45) is 11.0 Å². The molecular formula is C37H42N6O5Si. The van der Waals surface area contributed by atoms with Crippen LogP contribution in [0.4, 0.5) is 11.4 Å². The molecule has 1 spiro atoms. The van der Waals surface area contributed by atoms with Crippen molar-refractivity contribution < 1.29 is 24.2 Å². The molecule has 0 saturated carbocycles. The Hall–Kier alpha value is -4.49. The van der Waals surface area contributed by atoms with E-state index >= 15 is 0 Å². The average Bonchev–Trinajstić information content (AvgIpc) is 3.75. The third-order valence-corrected chi connectivity index (χ3v) is 12.9. The summed E-state index contributed by atoms with van der Waals surface area (Å²) in [5, 5.41) is 25.1. The van der Waals surface area contributed by atoms with Crippen LogP contribution in [0.3, 0.4) is 0 Å². The summed E-state index contributed by atoms with van der Waals surface area (Å²) in [4.78, 5) is 40.8. The monoisotopic (exact) mass is 678 g/mol. The molecule has 2 N–H and O–H groups in total. The highest BCUT2D eigenvalue weighted by atomic mass is 28.4. The second kappa shape index (κ2) is 12.8. The van der Waals surface area contributed by atoms with Crippen LogP contribution in [0.25, 0.3) is 0 Å². The number of aliphatic hydroxyl groups excluding tert-OH is 1. The maximum absolute atomic E-state index is 14.3. The summed E-state index contributed by atoms with van der Waals surface area (Å²) >= 11 is 0. The van der Waals surface area contributed by atoms with Crippen molar-refractivity contribution in [3.8, 4) is 0 Å². The SMILES string of the molecule is C[C@@H]1[C@@H]([Si](C)(C)O)[C@H](CCn2cc(C(CO)c3ccccc3)nn2)O[C@@]12C(=O)N(C)c1ccc(N3N=C(c4ccccc4)CCC3=O)cc12. The number of carbonyl (C=O) groups is 2. The molecule has 4 aromatic rings. The van der Waals surface area contributed by atoms with Gasteiger partial charge in [-0.1, -0.05) is 72.8 Å². The smallest absolute Gasteiger partial charge is 0.264 e. The van der Waals surface area contributed by atoms with Gasteiger partial charge in [0.1, 0.15) is 0 Å². The fraction of sp³-hybridized carbons (Fsp3) is 0.378. The van der Waals surface area contributed by atoms with Crippen LogP contribution in [0.15, 0.2) is 90.2 Å². The van der Waals surface area contributed by atoms with Gasteiger partial charge >= 0.3 is 0 Å². The fourth-order valence-corrected chi connectivity index (χ4v) is 10.7. The summed E-state index contributed by atoms with van der Waals surface area (Å²) in [5.41, 5.74) is 3.78. The third-order valence-electron chi connectivity index (χ3n) is 10.4. The quantitative estimate of drug-likeness (QED) is 0.243. The molecule has 7 rings (SSSR count). The zero-order valence-electron chi connectivity index (χ0n) is 28.2. The van der Waals surface area contributed by atoms with Crippen molar-refractivity contribution in [3.05, 3.63) is 107 Å². The van der Waals surface area contributed by atoms with Gasteiger partial charge < -0.3 is 19.5 Å². The van der Waals surface area contributed by atoms with Crippen molar-refractivity contribution in [1.82, 2.24) is 15.0 Å². The topological polar surface area (TPSA) is 133 Å². The molecule has 3 aliphatic heterocycles. The second-order valence-electron chi connectivity index (χ2n) is 13.9. The van der Waals surface area contributed by atoms with Crippen molar-refractivity contribution in [2.45, 2.75) is 69.0 Å². The number of aliphatic hydroxyl groups is 1. The molecule has 4 heterocycles. The number of aromatic nitrogens is 3. The molecule has 3 aromatic carbocycles. The number of fused-ring (bicyclic) bond motifs is 2. The van der Waals surface area contributed by atoms with Crippen LogP contribution in [0.5, 0.6) is 0 Å². The lowest BCUT2D eigenvalue weighted by atomic mass is 9.82. The number of hydrogen-bond acceptors (Lipinski definition) is 8. The highest BCUT2D eigenvalue weighted by molar-refractivity contribution is 6.71. The van der Waals surface area contributed by atoms with Gasteiger partial charge in [-0.15, -0.1) is 5.10 Å². The van der Waals surface area contributed by atoms with Gasteiger partial charge in [0.15, 0.2) is 13.9 Å². The van der Waals surface area contributed by atoms with Crippen molar-refractivity contribution in [1.29, 1.82) is 0 Å². The number of aryl methyl sites for hydroxylation is 1. The molecule has 0 bridgehead atoms. The first kappa shape index (κ1) is 33.0. The van der Waals surface area contributed by atoms with Gasteiger partial charge in [0.25, 0.3) is 5.91 Å². The Kier molecular flexibility index (Phi) is 8.60. The van der Waals surface area contributed by atoms with Crippen LogP contribution in [0.1, 0.15) is 54.5 Å². The van der Waals surface area contributed by atoms with E-state index in [1.807, 2.05) is 105 Å². The van der Waals surface area contributed by atoms with Crippen molar-refractivity contribution in [3.63, 3.8) is 0 Å². The van der Waals surface area contributed by atoms with Gasteiger partial charge in [0.2, 0.25) is 5.91 Å². The summed E-state index contributed by atoms with van der Waals surface area (Å²) in [7, 11) is -1.14. The fourth-order valence-electron chi connectivity index (χ4n) is 8.06. The van der Waals surface area contributed by atoms with Gasteiger partial charge in [0.05, 0.1) is 41.4 Å². The van der Waals surface area contributed by atoms with Crippen LogP contribution >= 0.6 is 0 Å². The molecule has 1 unspecified atom stereocenters. The molecular weight excluding hydrogens is 637 g/mol. The summed E-state index contributed by atoms with van der Waals surface area (Å²) in [6, 6.07) is 25.1. The maximum Gasteiger partial charge on any atom is 0.264 e. The van der Waals surface area contributed by atoms with Crippen molar-refractivity contribution in [2.75, 3.05) is 23.6 Å². The number of nitrogens with zero attached hydrogens (tertiary/aromatic N) is 6. The number of likely N-dealkylation sites (N-methyl/N-ethyl adjacent to an activating group) is 1. The highest BCUT2D eigenvalue weighted by Gasteiger charge is 2.65. The van der Waals surface area contributed by atoms with E-state index in [-0.39, 0.29) is 35.8 Å². The average molecular weight is 679 g/mol. The number of carbonyl (C=O) groups excluding carboxylic acids is 2. The summed E-state index contributed by atoms with van der Waals surface area (Å²) in [5.74, 6) is -0.948. The van der Waals surface area contributed by atoms with Gasteiger partial charge in [-0.05, 0) is 48.8 Å². The molecule has 12 heteroatoms. The summed E-state index contributed by atoms with van der Waals surface area (Å²) < 4.78 is 8.68. The standard InChI is InChI=1S/C37H42N6O5Si/c1-24-35(49(3,4)47)33(19-20-42-22-31(38-40-42)28(23-44)25-11-7-5-8-12-25)48-37(24)29-21-27(15-17-32(29)41(2)36(37)46)43-34(45)18-16-30(39-43)26-13-9-6-10-14-26/h5-15,17,21-22,24,28,33,35,44,47H,16,18-20,23H2,1-4H3/t24-,28?,33+,35-,37+/m1/s1. The Balaban J connectivity index is 1.20. The molecule has 1 saturated heterocycles. The van der Waals surface area contributed by atoms with E-state index in [1.165, 1.54) is 5.01 Å². The molecule has 11 nitrogen and oxygen atoms in total. The Morgan fingerprint density at radius 2 is 1.73 bits per heavy atom. The first-order chi connectivity index (χ1) is 23.5. The molecule has 0 radical (unpaired) electrons. The maximum atomic E-state index is 14.3. The minimum atomic E-state index is -2.88. The summed E-state index contributed by atoms with van der Waals surface area (Å²) in [6.07, 6.45) is 2.77. The van der Waals surface area contributed by atoms with Gasteiger partial charge in [-0.2, -0.15) is 5.10 Å². The predicted octanol–water partition coefficient (Wildman–Crippen LogP) is 4.80. The normalized spacial score (nSPS) is 24.4. The van der Waals surface area contributed by atoms with E-state index in [1.54, 1.807) is 16.6 Å². The number of hydrogen-bond donors (Lipinski definition) is 2. The van der Waals surface area contributed by atoms with Gasteiger partial charge in [-0.25, -0.2) is 5.01 Å². The Morgan fingerprint density at radius 3 is 2.43 bits per heavy atom. The minimum Gasteiger partial charge on any atom is -0.432 e. The van der Waals surface area contributed by atoms with E-state index < -0.39 is 20.0 Å². The zero-order valence-corrected chi connectivity index (χ0v) is 29.2. The predicted molar refractivity (Wildman–Crippen MR) is 189 cm³/mol. The molecule has 3 aliphatic rings. The molecule has 49 heavy (non-hydrogen) atoms. The minimum absolute atomic E-state index is 0.0974. The van der Waals surface area contributed by atoms with E-state index in [4.69, 9.17) is 9.84 Å². The number of hydrazone groups is 1. The zero-order chi connectivity index (χ0) is 34.5. The number of rotatable bonds is 9. The van der Waals surface area contributed by atoms with Crippen molar-refractivity contribution >= 4 is 37.2 Å². The Bertz CT molecular complexity index is 1890. The van der Waals surface area contributed by atoms with E-state index in [0.717, 1.165) is 16.8 Å². The molecule has 1 fully saturated rings. The number of amides is 2. The van der Waals surface area contributed by atoms with Crippen LogP contribution < -0.4 is 9.91 Å². The third kappa shape index (κ3) is 5.72. The number of ether oxygens (including phenoxy) is 1. The van der Waals surface area contributed by atoms with Crippen LogP contribution in [-0.2, 0) is 26.5 Å². The van der Waals surface area contributed by atoms with E-state index in [0.29, 0.717) is 48.4 Å². The first-order valence-corrected chi connectivity index (χ1v) is 19.9. The Labute approximate surface area is 286 Å². The second-order valence-corrected chi connectivity index (χ2v) is 17.9. The molecule has 0 aliphatic carbocycles. The van der Waals surface area contributed by atoms with Crippen LogP contribution in [0.2, 0.25) is 18.6 Å². The number of anilines is 2. The lowest BCUT2D eigenvalue weighted by Gasteiger charge is -2.32. The molecule has 2 amide bonds. The first-order valence-electron chi connectivity index (χ1n) is 16.9. The van der Waals surface area contributed by atoms with E-state index in [2.05, 4.69) is 10.3 Å². The molecule has 5 atom stereocenters. The highest BCUT2D eigenvalue weighted by Crippen LogP contribution is 2.59. The van der Waals surface area contributed by atoms with Crippen LogP contribution in [0, 0.1) is 5.92 Å². The van der Waals surface area contributed by atoms with Gasteiger partial charge in [0, 0.05) is 49.7 Å². The molecule has 254 valence electrons. The number of benzene rings is 3. The van der Waals surface area contributed by atoms with E-state index in [9.17, 15) is 19.5 Å². The lowest BCUT2D eigenvalue weighted by Crippen LogP contribution is -2.45. The summed E-state index contributed by atoms with van der Waals surface area (Å²) in [6.45, 7) is 6.15. The largest absolute Gasteiger partial charge is 0.432 e. The molecule has 1 aromatic heterocycles.